The van der Waals surface area contributed by atoms with Gasteiger partial charge in [-0.2, -0.15) is 5.26 Å². The van der Waals surface area contributed by atoms with Crippen LogP contribution in [0.15, 0.2) is 77.4 Å². The van der Waals surface area contributed by atoms with Crippen molar-refractivity contribution in [2.75, 3.05) is 5.32 Å². The van der Waals surface area contributed by atoms with Gasteiger partial charge >= 0.3 is 11.6 Å². The first-order valence-electron chi connectivity index (χ1n) is 11.4. The lowest BCUT2D eigenvalue weighted by atomic mass is 10.0. The Morgan fingerprint density at radius 2 is 1.77 bits per heavy atom. The molecule has 39 heavy (non-hydrogen) atoms. The molecule has 3 aromatic carbocycles. The molecule has 0 aliphatic carbocycles. The summed E-state index contributed by atoms with van der Waals surface area (Å²) in [4.78, 5) is 35.2. The Balaban J connectivity index is 1.42. The van der Waals surface area contributed by atoms with Gasteiger partial charge < -0.3 is 14.8 Å². The van der Waals surface area contributed by atoms with E-state index in [4.69, 9.17) is 9.68 Å². The second-order valence-electron chi connectivity index (χ2n) is 8.33. The highest BCUT2D eigenvalue weighted by atomic mass is 19.1. The molecule has 1 unspecified atom stereocenters. The summed E-state index contributed by atoms with van der Waals surface area (Å²) in [6, 6.07) is 17.6. The number of anilines is 1. The van der Waals surface area contributed by atoms with Crippen molar-refractivity contribution in [3.63, 3.8) is 0 Å². The van der Waals surface area contributed by atoms with Gasteiger partial charge in [-0.15, -0.1) is 0 Å². The number of halogens is 1. The number of rotatable bonds is 7. The SMILES string of the molecule is CC(Nc1ccc(F)c(C#N)c1)c1ccc(-c2ccoc2C(=O)NNC(=O)c2ccc(O)c([N+](=O)[O-])c2)cc1. The van der Waals surface area contributed by atoms with Crippen LogP contribution in [0, 0.1) is 27.3 Å². The fourth-order valence-corrected chi connectivity index (χ4v) is 3.75. The molecule has 0 spiro atoms. The number of nitro groups is 1. The van der Waals surface area contributed by atoms with E-state index in [9.17, 15) is 29.2 Å². The zero-order valence-corrected chi connectivity index (χ0v) is 20.3. The van der Waals surface area contributed by atoms with E-state index in [2.05, 4.69) is 16.2 Å². The smallest absolute Gasteiger partial charge is 0.311 e. The normalized spacial score (nSPS) is 11.2. The molecule has 1 atom stereocenters. The minimum Gasteiger partial charge on any atom is -0.502 e. The summed E-state index contributed by atoms with van der Waals surface area (Å²) in [5.74, 6) is -2.88. The summed E-state index contributed by atoms with van der Waals surface area (Å²) in [7, 11) is 0. The average molecular weight is 529 g/mol. The molecule has 4 aromatic rings. The van der Waals surface area contributed by atoms with Gasteiger partial charge in [-0.05, 0) is 54.4 Å². The number of nitrogens with one attached hydrogen (secondary N) is 3. The second kappa shape index (κ2) is 11.1. The maximum absolute atomic E-state index is 13.6. The predicted molar refractivity (Wildman–Crippen MR) is 137 cm³/mol. The molecule has 0 bridgehead atoms. The van der Waals surface area contributed by atoms with Gasteiger partial charge in [0, 0.05) is 28.9 Å². The van der Waals surface area contributed by atoms with Crippen molar-refractivity contribution in [2.45, 2.75) is 13.0 Å². The molecule has 0 radical (unpaired) electrons. The van der Waals surface area contributed by atoms with Crippen molar-refractivity contribution in [1.82, 2.24) is 10.9 Å². The number of carbonyl (C=O) groups excluding carboxylic acids is 2. The Labute approximate surface area is 220 Å². The van der Waals surface area contributed by atoms with Crippen LogP contribution in [0.25, 0.3) is 11.1 Å². The number of phenols is 1. The van der Waals surface area contributed by atoms with Crippen LogP contribution in [0.5, 0.6) is 5.75 Å². The van der Waals surface area contributed by atoms with Gasteiger partial charge in [-0.1, -0.05) is 24.3 Å². The molecule has 1 heterocycles. The van der Waals surface area contributed by atoms with Crippen molar-refractivity contribution in [1.29, 1.82) is 5.26 Å². The molecule has 0 saturated heterocycles. The molecule has 11 nitrogen and oxygen atoms in total. The van der Waals surface area contributed by atoms with E-state index in [1.165, 1.54) is 18.4 Å². The summed E-state index contributed by atoms with van der Waals surface area (Å²) in [5.41, 5.74) is 6.06. The van der Waals surface area contributed by atoms with Gasteiger partial charge in [-0.25, -0.2) is 4.39 Å². The molecule has 2 amide bonds. The summed E-state index contributed by atoms with van der Waals surface area (Å²) >= 11 is 0. The Morgan fingerprint density at radius 3 is 2.46 bits per heavy atom. The van der Waals surface area contributed by atoms with E-state index in [0.29, 0.717) is 16.8 Å². The van der Waals surface area contributed by atoms with Crippen LogP contribution in [0.1, 0.15) is 45.0 Å². The third-order valence-electron chi connectivity index (χ3n) is 5.79. The number of aromatic hydroxyl groups is 1. The molecule has 0 fully saturated rings. The quantitative estimate of drug-likeness (QED) is 0.195. The number of phenolic OH excluding ortho intramolecular Hbond substituents is 1. The van der Waals surface area contributed by atoms with Gasteiger partial charge in [0.05, 0.1) is 16.7 Å². The number of hydrogen-bond acceptors (Lipinski definition) is 8. The zero-order valence-electron chi connectivity index (χ0n) is 20.3. The zero-order chi connectivity index (χ0) is 28.1. The lowest BCUT2D eigenvalue weighted by Crippen LogP contribution is -2.41. The first-order valence-corrected chi connectivity index (χ1v) is 11.4. The summed E-state index contributed by atoms with van der Waals surface area (Å²) in [5, 5.41) is 32.7. The number of carbonyl (C=O) groups is 2. The van der Waals surface area contributed by atoms with Crippen LogP contribution in [-0.2, 0) is 0 Å². The number of hydrogen-bond donors (Lipinski definition) is 4. The summed E-state index contributed by atoms with van der Waals surface area (Å²) in [6.45, 7) is 1.90. The van der Waals surface area contributed by atoms with Crippen LogP contribution in [0.3, 0.4) is 0 Å². The van der Waals surface area contributed by atoms with Crippen LogP contribution in [0.2, 0.25) is 0 Å². The molecule has 196 valence electrons. The lowest BCUT2D eigenvalue weighted by Gasteiger charge is -2.16. The fraction of sp³-hybridized carbons (Fsp3) is 0.0741. The van der Waals surface area contributed by atoms with Crippen LogP contribution >= 0.6 is 0 Å². The van der Waals surface area contributed by atoms with E-state index in [1.807, 2.05) is 19.1 Å². The van der Waals surface area contributed by atoms with Crippen molar-refractivity contribution in [2.24, 2.45) is 0 Å². The van der Waals surface area contributed by atoms with Gasteiger partial charge in [0.15, 0.2) is 5.75 Å². The number of furan rings is 1. The standard InChI is InChI=1S/C27H20FN5O6/c1-15(30-20-7-8-22(28)19(12-20)14-29)16-2-4-17(5-3-16)21-10-11-39-25(21)27(36)32-31-26(35)18-6-9-24(34)23(13-18)33(37)38/h2-13,15,30,34H,1H3,(H,31,35)(H,32,36). The van der Waals surface area contributed by atoms with Crippen LogP contribution in [0.4, 0.5) is 15.8 Å². The topological polar surface area (TPSA) is 171 Å². The second-order valence-corrected chi connectivity index (χ2v) is 8.33. The molecule has 0 aliphatic rings. The minimum atomic E-state index is -0.839. The summed E-state index contributed by atoms with van der Waals surface area (Å²) in [6.07, 6.45) is 1.31. The minimum absolute atomic E-state index is 0.0612. The van der Waals surface area contributed by atoms with E-state index in [1.54, 1.807) is 30.3 Å². The lowest BCUT2D eigenvalue weighted by molar-refractivity contribution is -0.385. The van der Waals surface area contributed by atoms with Crippen molar-refractivity contribution >= 4 is 23.2 Å². The van der Waals surface area contributed by atoms with Gasteiger partial charge in [0.2, 0.25) is 5.76 Å². The highest BCUT2D eigenvalue weighted by molar-refractivity contribution is 6.01. The molecule has 1 aromatic heterocycles. The van der Waals surface area contributed by atoms with E-state index in [0.717, 1.165) is 23.8 Å². The molecule has 0 aliphatic heterocycles. The van der Waals surface area contributed by atoms with Crippen LogP contribution in [-0.4, -0.2) is 21.8 Å². The van der Waals surface area contributed by atoms with Gasteiger partial charge in [-0.3, -0.25) is 30.6 Å². The Morgan fingerprint density at radius 1 is 1.05 bits per heavy atom. The highest BCUT2D eigenvalue weighted by Gasteiger charge is 2.20. The number of amides is 2. The van der Waals surface area contributed by atoms with Crippen molar-refractivity contribution in [3.05, 3.63) is 111 Å². The fourth-order valence-electron chi connectivity index (χ4n) is 3.75. The number of nitriles is 1. The van der Waals surface area contributed by atoms with Gasteiger partial charge in [0.1, 0.15) is 11.9 Å². The Kier molecular flexibility index (Phi) is 7.53. The first kappa shape index (κ1) is 26.4. The van der Waals surface area contributed by atoms with Crippen molar-refractivity contribution in [3.8, 4) is 22.9 Å². The maximum atomic E-state index is 13.6. The largest absolute Gasteiger partial charge is 0.502 e. The Hall–Kier alpha value is -5.70. The predicted octanol–water partition coefficient (Wildman–Crippen LogP) is 4.82. The van der Waals surface area contributed by atoms with Gasteiger partial charge in [0.25, 0.3) is 5.91 Å². The Bertz CT molecular complexity index is 1610. The number of nitrogens with zero attached hydrogens (tertiary/aromatic N) is 2. The molecule has 12 heteroatoms. The molecule has 4 N–H and O–H groups in total. The first-order chi connectivity index (χ1) is 18.7. The molecular weight excluding hydrogens is 509 g/mol. The van der Waals surface area contributed by atoms with Crippen molar-refractivity contribution < 1.29 is 28.4 Å². The highest BCUT2D eigenvalue weighted by Crippen LogP contribution is 2.28. The van der Waals surface area contributed by atoms with E-state index in [-0.39, 0.29) is 22.9 Å². The molecular formula is C27H20FN5O6. The molecule has 0 saturated carbocycles. The van der Waals surface area contributed by atoms with Crippen LogP contribution < -0.4 is 16.2 Å². The average Bonchev–Trinajstić information content (AvgIpc) is 3.43. The monoisotopic (exact) mass is 529 g/mol. The summed E-state index contributed by atoms with van der Waals surface area (Å²) < 4.78 is 18.9. The third-order valence-corrected chi connectivity index (χ3v) is 5.79. The number of benzene rings is 3. The van der Waals surface area contributed by atoms with E-state index >= 15 is 0 Å². The third kappa shape index (κ3) is 5.83. The van der Waals surface area contributed by atoms with E-state index < -0.39 is 34.0 Å². The number of hydrazine groups is 1. The number of nitro benzene ring substituents is 1. The maximum Gasteiger partial charge on any atom is 0.311 e. The molecule has 4 rings (SSSR count).